The zero-order valence-corrected chi connectivity index (χ0v) is 22.3. The van der Waals surface area contributed by atoms with Gasteiger partial charge in [0.05, 0.1) is 35.8 Å². The Labute approximate surface area is 230 Å². The van der Waals surface area contributed by atoms with Crippen LogP contribution in [0.4, 0.5) is 26.2 Å². The summed E-state index contributed by atoms with van der Waals surface area (Å²) < 4.78 is 19.4. The van der Waals surface area contributed by atoms with Crippen molar-refractivity contribution < 1.29 is 18.7 Å². The van der Waals surface area contributed by atoms with Gasteiger partial charge in [-0.15, -0.1) is 0 Å². The number of hydrogen-bond donors (Lipinski definition) is 3. The number of hydrogen-bond acceptors (Lipinski definition) is 6. The molecular weight excluding hydrogens is 517 g/mol. The molecule has 0 spiro atoms. The van der Waals surface area contributed by atoms with Gasteiger partial charge in [0.15, 0.2) is 5.17 Å². The van der Waals surface area contributed by atoms with Crippen LogP contribution in [-0.2, 0) is 4.79 Å². The van der Waals surface area contributed by atoms with Crippen molar-refractivity contribution in [3.8, 4) is 5.75 Å². The predicted octanol–water partition coefficient (Wildman–Crippen LogP) is 6.24. The molecule has 200 valence electrons. The molecule has 3 amide bonds. The van der Waals surface area contributed by atoms with Crippen LogP contribution >= 0.6 is 11.8 Å². The van der Waals surface area contributed by atoms with Crippen LogP contribution in [0, 0.1) is 5.82 Å². The number of rotatable bonds is 6. The summed E-state index contributed by atoms with van der Waals surface area (Å²) in [5, 5.41) is 9.17. The number of ether oxygens (including phenoxy) is 1. The van der Waals surface area contributed by atoms with E-state index in [-0.39, 0.29) is 11.6 Å². The molecule has 3 aromatic rings. The first kappa shape index (κ1) is 26.3. The monoisotopic (exact) mass is 545 g/mol. The number of benzene rings is 3. The molecule has 1 atom stereocenters. The van der Waals surface area contributed by atoms with Crippen LogP contribution in [0.25, 0.3) is 0 Å². The summed E-state index contributed by atoms with van der Waals surface area (Å²) in [5.41, 5.74) is 3.12. The van der Waals surface area contributed by atoms with Gasteiger partial charge in [-0.25, -0.2) is 14.2 Å². The van der Waals surface area contributed by atoms with Gasteiger partial charge in [0.25, 0.3) is 5.91 Å². The standard InChI is InChI=1S/C29H28FN5O3S/c1-18-25(27(36)33-23-13-5-6-14-24(23)38-2)26(35-15-8-16-39-29(35)31-18)19-9-7-10-20(17-19)32-28(37)34-22-12-4-3-11-21(22)30/h3-7,9-14,17,26H,8,15-16H2,1-2H3,(H,33,36)(H2,32,34,37). The molecule has 5 rings (SSSR count). The highest BCUT2D eigenvalue weighted by Gasteiger charge is 2.37. The Morgan fingerprint density at radius 3 is 2.56 bits per heavy atom. The second-order valence-corrected chi connectivity index (χ2v) is 10.1. The van der Waals surface area contributed by atoms with Crippen molar-refractivity contribution in [3.63, 3.8) is 0 Å². The molecule has 39 heavy (non-hydrogen) atoms. The molecule has 0 bridgehead atoms. The lowest BCUT2D eigenvalue weighted by Crippen LogP contribution is -2.43. The zero-order valence-electron chi connectivity index (χ0n) is 21.5. The number of halogens is 1. The van der Waals surface area contributed by atoms with Crippen LogP contribution in [0.3, 0.4) is 0 Å². The summed E-state index contributed by atoms with van der Waals surface area (Å²) >= 11 is 1.67. The lowest BCUT2D eigenvalue weighted by Gasteiger charge is -2.41. The minimum atomic E-state index is -0.572. The maximum atomic E-state index is 14.0. The van der Waals surface area contributed by atoms with E-state index in [2.05, 4.69) is 20.9 Å². The molecule has 10 heteroatoms. The molecule has 2 aliphatic rings. The fourth-order valence-electron chi connectivity index (χ4n) is 4.68. The highest BCUT2D eigenvalue weighted by atomic mass is 32.2. The molecule has 1 fully saturated rings. The summed E-state index contributed by atoms with van der Waals surface area (Å²) in [4.78, 5) is 33.3. The molecule has 8 nitrogen and oxygen atoms in total. The van der Waals surface area contributed by atoms with Crippen LogP contribution in [0.1, 0.15) is 24.9 Å². The van der Waals surface area contributed by atoms with Gasteiger partial charge in [0, 0.05) is 18.0 Å². The highest BCUT2D eigenvalue weighted by Crippen LogP contribution is 2.40. The molecule has 1 unspecified atom stereocenters. The number of aliphatic imine (C=N–C) groups is 1. The minimum Gasteiger partial charge on any atom is -0.495 e. The van der Waals surface area contributed by atoms with E-state index in [4.69, 9.17) is 9.73 Å². The van der Waals surface area contributed by atoms with E-state index in [1.54, 1.807) is 49.2 Å². The van der Waals surface area contributed by atoms with Gasteiger partial charge < -0.3 is 25.6 Å². The van der Waals surface area contributed by atoms with Gasteiger partial charge in [-0.05, 0) is 55.3 Å². The van der Waals surface area contributed by atoms with E-state index in [0.29, 0.717) is 28.4 Å². The average molecular weight is 546 g/mol. The smallest absolute Gasteiger partial charge is 0.323 e. The number of amides is 3. The Morgan fingerprint density at radius 2 is 1.77 bits per heavy atom. The van der Waals surface area contributed by atoms with Crippen molar-refractivity contribution in [1.29, 1.82) is 0 Å². The summed E-state index contributed by atoms with van der Waals surface area (Å²) in [6.45, 7) is 2.58. The summed E-state index contributed by atoms with van der Waals surface area (Å²) in [7, 11) is 1.56. The number of urea groups is 1. The first-order chi connectivity index (χ1) is 18.9. The second kappa shape index (κ2) is 11.6. The molecule has 2 heterocycles. The fraction of sp³-hybridized carbons (Fsp3) is 0.207. The molecule has 0 aliphatic carbocycles. The molecule has 0 aromatic heterocycles. The van der Waals surface area contributed by atoms with E-state index in [1.807, 2.05) is 37.3 Å². The Bertz CT molecular complexity index is 1470. The third-order valence-electron chi connectivity index (χ3n) is 6.44. The average Bonchev–Trinajstić information content (AvgIpc) is 2.94. The highest BCUT2D eigenvalue weighted by molar-refractivity contribution is 8.13. The minimum absolute atomic E-state index is 0.0819. The number of thioether (sulfide) groups is 1. The van der Waals surface area contributed by atoms with Crippen LogP contribution in [0.5, 0.6) is 5.75 Å². The van der Waals surface area contributed by atoms with Crippen LogP contribution in [-0.4, -0.2) is 41.4 Å². The third-order valence-corrected chi connectivity index (χ3v) is 7.52. The van der Waals surface area contributed by atoms with Crippen molar-refractivity contribution in [2.75, 3.05) is 35.4 Å². The van der Waals surface area contributed by atoms with Crippen molar-refractivity contribution in [2.45, 2.75) is 19.4 Å². The Hall–Kier alpha value is -4.31. The number of para-hydroxylation sites is 3. The molecule has 0 radical (unpaired) electrons. The van der Waals surface area contributed by atoms with E-state index in [1.165, 1.54) is 12.1 Å². The lowest BCUT2D eigenvalue weighted by atomic mass is 9.93. The quantitative estimate of drug-likeness (QED) is 0.341. The van der Waals surface area contributed by atoms with Gasteiger partial charge in [0.2, 0.25) is 0 Å². The van der Waals surface area contributed by atoms with Crippen molar-refractivity contribution in [2.24, 2.45) is 4.99 Å². The topological polar surface area (TPSA) is 95.1 Å². The van der Waals surface area contributed by atoms with Crippen molar-refractivity contribution in [3.05, 3.63) is 95.4 Å². The van der Waals surface area contributed by atoms with E-state index < -0.39 is 17.9 Å². The summed E-state index contributed by atoms with van der Waals surface area (Å²) in [6, 6.07) is 19.5. The van der Waals surface area contributed by atoms with Gasteiger partial charge in [0.1, 0.15) is 11.6 Å². The summed E-state index contributed by atoms with van der Waals surface area (Å²) in [5.74, 6) is 0.706. The largest absolute Gasteiger partial charge is 0.495 e. The van der Waals surface area contributed by atoms with Crippen LogP contribution in [0.2, 0.25) is 0 Å². The van der Waals surface area contributed by atoms with Gasteiger partial charge in [-0.3, -0.25) is 4.79 Å². The maximum Gasteiger partial charge on any atom is 0.323 e. The number of fused-ring (bicyclic) bond motifs is 1. The maximum absolute atomic E-state index is 14.0. The fourth-order valence-corrected chi connectivity index (χ4v) is 5.70. The number of nitrogens with zero attached hydrogens (tertiary/aromatic N) is 2. The number of carbonyl (C=O) groups excluding carboxylic acids is 2. The lowest BCUT2D eigenvalue weighted by molar-refractivity contribution is -0.113. The third kappa shape index (κ3) is 5.75. The van der Waals surface area contributed by atoms with E-state index >= 15 is 0 Å². The first-order valence-corrected chi connectivity index (χ1v) is 13.5. The molecule has 2 aliphatic heterocycles. The predicted molar refractivity (Wildman–Crippen MR) is 154 cm³/mol. The summed E-state index contributed by atoms with van der Waals surface area (Å²) in [6.07, 6.45) is 0.948. The van der Waals surface area contributed by atoms with Gasteiger partial charge in [-0.1, -0.05) is 48.2 Å². The normalized spacial score (nSPS) is 16.6. The zero-order chi connectivity index (χ0) is 27.4. The van der Waals surface area contributed by atoms with E-state index in [0.717, 1.165) is 29.4 Å². The number of anilines is 3. The Balaban J connectivity index is 1.45. The molecular formula is C29H28FN5O3S. The molecule has 3 aromatic carbocycles. The molecule has 3 N–H and O–H groups in total. The van der Waals surface area contributed by atoms with Crippen LogP contribution in [0.15, 0.2) is 89.1 Å². The Morgan fingerprint density at radius 1 is 1.00 bits per heavy atom. The molecule has 1 saturated heterocycles. The second-order valence-electron chi connectivity index (χ2n) is 9.03. The van der Waals surface area contributed by atoms with Gasteiger partial charge in [-0.2, -0.15) is 0 Å². The van der Waals surface area contributed by atoms with Crippen molar-refractivity contribution in [1.82, 2.24) is 4.90 Å². The van der Waals surface area contributed by atoms with Gasteiger partial charge >= 0.3 is 6.03 Å². The SMILES string of the molecule is COc1ccccc1NC(=O)C1=C(C)N=C2SCCCN2C1c1cccc(NC(=O)Nc2ccccc2F)c1. The molecule has 0 saturated carbocycles. The van der Waals surface area contributed by atoms with E-state index in [9.17, 15) is 14.0 Å². The van der Waals surface area contributed by atoms with Crippen LogP contribution < -0.4 is 20.7 Å². The number of carbonyl (C=O) groups is 2. The number of allylic oxidation sites excluding steroid dienone is 1. The number of methoxy groups -OCH3 is 1. The number of nitrogens with one attached hydrogen (secondary N) is 3. The Kier molecular flexibility index (Phi) is 7.83. The first-order valence-electron chi connectivity index (χ1n) is 12.5. The number of amidine groups is 1. The van der Waals surface area contributed by atoms with Crippen molar-refractivity contribution >= 4 is 45.9 Å².